The van der Waals surface area contributed by atoms with Crippen LogP contribution in [0.2, 0.25) is 0 Å². The molecule has 0 radical (unpaired) electrons. The summed E-state index contributed by atoms with van der Waals surface area (Å²) in [6.45, 7) is 7.85. The van der Waals surface area contributed by atoms with E-state index in [9.17, 15) is 0 Å². The third-order valence-electron chi connectivity index (χ3n) is 4.39. The second kappa shape index (κ2) is 5.73. The average molecular weight is 257 g/mol. The lowest BCUT2D eigenvalue weighted by atomic mass is 9.97. The molecule has 0 bridgehead atoms. The molecule has 98 valence electrons. The second-order valence-corrected chi connectivity index (χ2v) is 6.13. The van der Waals surface area contributed by atoms with E-state index in [4.69, 9.17) is 11.6 Å². The Bertz CT molecular complexity index is 282. The zero-order valence-electron chi connectivity index (χ0n) is 11.1. The lowest BCUT2D eigenvalue weighted by Crippen LogP contribution is -2.50. The van der Waals surface area contributed by atoms with Crippen molar-refractivity contribution >= 4 is 11.6 Å². The summed E-state index contributed by atoms with van der Waals surface area (Å²) in [6, 6.07) is 0.661. The zero-order chi connectivity index (χ0) is 12.3. The summed E-state index contributed by atoms with van der Waals surface area (Å²) < 4.78 is 0. The van der Waals surface area contributed by atoms with Crippen molar-refractivity contribution in [2.75, 3.05) is 19.6 Å². The van der Waals surface area contributed by atoms with Crippen molar-refractivity contribution in [3.63, 3.8) is 0 Å². The van der Waals surface area contributed by atoms with E-state index in [1.807, 2.05) is 0 Å². The van der Waals surface area contributed by atoms with Gasteiger partial charge in [-0.1, -0.05) is 24.4 Å². The average Bonchev–Trinajstić information content (AvgIpc) is 2.70. The fourth-order valence-electron chi connectivity index (χ4n) is 3.28. The molecule has 1 heterocycles. The quantitative estimate of drug-likeness (QED) is 0.817. The number of nitrogens with zero attached hydrogens (tertiary/aromatic N) is 1. The topological polar surface area (TPSA) is 15.3 Å². The van der Waals surface area contributed by atoms with Gasteiger partial charge in [0.25, 0.3) is 0 Å². The number of hydrogen-bond donors (Lipinski definition) is 1. The first-order chi connectivity index (χ1) is 8.15. The number of halogens is 1. The van der Waals surface area contributed by atoms with Gasteiger partial charge in [0.15, 0.2) is 0 Å². The Morgan fingerprint density at radius 3 is 2.82 bits per heavy atom. The summed E-state index contributed by atoms with van der Waals surface area (Å²) in [6.07, 6.45) is 6.72. The Hall–Kier alpha value is -0.0500. The van der Waals surface area contributed by atoms with Crippen LogP contribution in [-0.4, -0.2) is 36.1 Å². The predicted molar refractivity (Wildman–Crippen MR) is 74.5 cm³/mol. The van der Waals surface area contributed by atoms with Crippen LogP contribution in [0.3, 0.4) is 0 Å². The van der Waals surface area contributed by atoms with E-state index in [1.165, 1.54) is 50.8 Å². The zero-order valence-corrected chi connectivity index (χ0v) is 11.9. The van der Waals surface area contributed by atoms with Crippen LogP contribution in [0.5, 0.6) is 0 Å². The lowest BCUT2D eigenvalue weighted by Gasteiger charge is -2.35. The van der Waals surface area contributed by atoms with Crippen LogP contribution in [-0.2, 0) is 0 Å². The van der Waals surface area contributed by atoms with Gasteiger partial charge in [0.2, 0.25) is 0 Å². The Labute approximate surface area is 110 Å². The lowest BCUT2D eigenvalue weighted by molar-refractivity contribution is 0.181. The molecule has 2 rings (SSSR count). The summed E-state index contributed by atoms with van der Waals surface area (Å²) in [4.78, 5) is 2.61. The highest BCUT2D eigenvalue weighted by Gasteiger charge is 2.37. The molecule has 1 N–H and O–H groups in total. The second-order valence-electron chi connectivity index (χ2n) is 5.91. The molecule has 2 aliphatic rings. The first-order valence-corrected chi connectivity index (χ1v) is 7.34. The molecule has 0 aromatic rings. The Kier molecular flexibility index (Phi) is 4.51. The molecule has 0 aromatic heterocycles. The fourth-order valence-corrected chi connectivity index (χ4v) is 3.35. The highest BCUT2D eigenvalue weighted by atomic mass is 35.5. The summed E-state index contributed by atoms with van der Waals surface area (Å²) in [5.74, 6) is 0. The van der Waals surface area contributed by atoms with Gasteiger partial charge in [0.05, 0.1) is 0 Å². The maximum atomic E-state index is 5.81. The van der Waals surface area contributed by atoms with Crippen molar-refractivity contribution in [3.8, 4) is 0 Å². The molecule has 17 heavy (non-hydrogen) atoms. The van der Waals surface area contributed by atoms with Gasteiger partial charge in [-0.3, -0.25) is 4.90 Å². The van der Waals surface area contributed by atoms with E-state index in [0.29, 0.717) is 11.6 Å². The smallest absolute Gasteiger partial charge is 0.0309 e. The van der Waals surface area contributed by atoms with Gasteiger partial charge in [-0.25, -0.2) is 0 Å². The van der Waals surface area contributed by atoms with Gasteiger partial charge < -0.3 is 5.32 Å². The maximum absolute atomic E-state index is 5.81. The SMILES string of the molecule is CC(=CCl)CN1CC2(CCCC2)NCCC1C. The van der Waals surface area contributed by atoms with Crippen LogP contribution in [0.15, 0.2) is 11.1 Å². The molecule has 1 unspecified atom stereocenters. The molecule has 1 atom stereocenters. The van der Waals surface area contributed by atoms with E-state index in [0.717, 1.165) is 6.54 Å². The molecule has 1 spiro atoms. The van der Waals surface area contributed by atoms with E-state index in [2.05, 4.69) is 24.1 Å². The van der Waals surface area contributed by atoms with Gasteiger partial charge in [-0.05, 0) is 45.2 Å². The van der Waals surface area contributed by atoms with E-state index in [1.54, 1.807) is 5.54 Å². The van der Waals surface area contributed by atoms with Gasteiger partial charge in [0, 0.05) is 30.2 Å². The summed E-state index contributed by atoms with van der Waals surface area (Å²) >= 11 is 5.81. The van der Waals surface area contributed by atoms with Crippen molar-refractivity contribution in [1.29, 1.82) is 0 Å². The maximum Gasteiger partial charge on any atom is 0.0309 e. The Balaban J connectivity index is 2.06. The normalized spacial score (nSPS) is 30.8. The number of hydrogen-bond acceptors (Lipinski definition) is 2. The van der Waals surface area contributed by atoms with Crippen molar-refractivity contribution in [2.24, 2.45) is 0 Å². The van der Waals surface area contributed by atoms with Gasteiger partial charge >= 0.3 is 0 Å². The molecule has 1 saturated heterocycles. The Morgan fingerprint density at radius 2 is 2.18 bits per heavy atom. The van der Waals surface area contributed by atoms with Crippen LogP contribution in [0.4, 0.5) is 0 Å². The van der Waals surface area contributed by atoms with Crippen molar-refractivity contribution in [3.05, 3.63) is 11.1 Å². The van der Waals surface area contributed by atoms with Crippen LogP contribution in [0.1, 0.15) is 46.0 Å². The van der Waals surface area contributed by atoms with Crippen molar-refractivity contribution in [2.45, 2.75) is 57.5 Å². The molecular formula is C14H25ClN2. The highest BCUT2D eigenvalue weighted by Crippen LogP contribution is 2.32. The van der Waals surface area contributed by atoms with E-state index in [-0.39, 0.29) is 0 Å². The predicted octanol–water partition coefficient (Wildman–Crippen LogP) is 3.13. The minimum absolute atomic E-state index is 0.400. The molecule has 2 nitrogen and oxygen atoms in total. The number of nitrogens with one attached hydrogen (secondary N) is 1. The first-order valence-electron chi connectivity index (χ1n) is 6.90. The minimum atomic E-state index is 0.400. The van der Waals surface area contributed by atoms with Crippen LogP contribution < -0.4 is 5.32 Å². The molecule has 0 amide bonds. The van der Waals surface area contributed by atoms with Crippen molar-refractivity contribution in [1.82, 2.24) is 10.2 Å². The van der Waals surface area contributed by atoms with Crippen molar-refractivity contribution < 1.29 is 0 Å². The molecule has 3 heteroatoms. The minimum Gasteiger partial charge on any atom is -0.310 e. The first kappa shape index (κ1) is 13.4. The third kappa shape index (κ3) is 3.24. The monoisotopic (exact) mass is 256 g/mol. The largest absolute Gasteiger partial charge is 0.310 e. The molecule has 1 saturated carbocycles. The molecule has 0 aromatic carbocycles. The van der Waals surface area contributed by atoms with Gasteiger partial charge in [0.1, 0.15) is 0 Å². The van der Waals surface area contributed by atoms with E-state index >= 15 is 0 Å². The summed E-state index contributed by atoms with van der Waals surface area (Å²) in [5, 5.41) is 3.81. The van der Waals surface area contributed by atoms with Gasteiger partial charge in [-0.15, -0.1) is 0 Å². The standard InChI is InChI=1S/C14H25ClN2/c1-12(9-15)10-17-11-14(6-3-4-7-14)16-8-5-13(17)2/h9,13,16H,3-8,10-11H2,1-2H3. The fraction of sp³-hybridized carbons (Fsp3) is 0.857. The van der Waals surface area contributed by atoms with E-state index < -0.39 is 0 Å². The molecule has 1 aliphatic heterocycles. The number of rotatable bonds is 2. The highest BCUT2D eigenvalue weighted by molar-refractivity contribution is 6.25. The molecular weight excluding hydrogens is 232 g/mol. The van der Waals surface area contributed by atoms with Crippen LogP contribution >= 0.6 is 11.6 Å². The summed E-state index contributed by atoms with van der Waals surface area (Å²) in [5.41, 5.74) is 3.40. The Morgan fingerprint density at radius 1 is 1.47 bits per heavy atom. The van der Waals surface area contributed by atoms with Gasteiger partial charge in [-0.2, -0.15) is 0 Å². The van der Waals surface area contributed by atoms with Crippen LogP contribution in [0, 0.1) is 0 Å². The summed E-state index contributed by atoms with van der Waals surface area (Å²) in [7, 11) is 0. The molecule has 2 fully saturated rings. The molecule has 1 aliphatic carbocycles. The van der Waals surface area contributed by atoms with Crippen LogP contribution in [0.25, 0.3) is 0 Å². The third-order valence-corrected chi connectivity index (χ3v) is 4.76.